The van der Waals surface area contributed by atoms with E-state index in [1.54, 1.807) is 0 Å². The van der Waals surface area contributed by atoms with Gasteiger partial charge in [-0.1, -0.05) is 0 Å². The molecule has 1 atom stereocenters. The molecular weight excluding hydrogens is 204 g/mol. The van der Waals surface area contributed by atoms with Crippen molar-refractivity contribution >= 4 is 11.7 Å². The van der Waals surface area contributed by atoms with Crippen LogP contribution in [0.1, 0.15) is 11.6 Å². The molecule has 0 aromatic heterocycles. The lowest BCUT2D eigenvalue weighted by Gasteiger charge is -2.07. The van der Waals surface area contributed by atoms with E-state index in [9.17, 15) is 14.9 Å². The molecule has 4 N–H and O–H groups in total. The summed E-state index contributed by atoms with van der Waals surface area (Å²) in [5.41, 5.74) is 4.57. The summed E-state index contributed by atoms with van der Waals surface area (Å²) in [6.07, 6.45) is 0. The number of nitro benzene ring substituents is 1. The van der Waals surface area contributed by atoms with Gasteiger partial charge in [-0.25, -0.2) is 0 Å². The second-order valence-electron chi connectivity index (χ2n) is 2.82. The summed E-state index contributed by atoms with van der Waals surface area (Å²) >= 11 is 0. The van der Waals surface area contributed by atoms with Gasteiger partial charge in [0, 0.05) is 6.07 Å². The van der Waals surface area contributed by atoms with Gasteiger partial charge in [-0.2, -0.15) is 0 Å². The van der Waals surface area contributed by atoms with Gasteiger partial charge in [0.2, 0.25) is 0 Å². The number of hydrogen-bond donors (Lipinski definition) is 3. The van der Waals surface area contributed by atoms with Gasteiger partial charge in [-0.05, 0) is 12.1 Å². The molecule has 0 saturated heterocycles. The quantitative estimate of drug-likeness (QED) is 0.491. The Morgan fingerprint density at radius 1 is 1.53 bits per heavy atom. The van der Waals surface area contributed by atoms with Crippen molar-refractivity contribution < 1.29 is 19.9 Å². The molecule has 1 unspecified atom stereocenters. The van der Waals surface area contributed by atoms with Crippen LogP contribution >= 0.6 is 0 Å². The zero-order chi connectivity index (χ0) is 11.6. The number of carbonyl (C=O) groups is 1. The highest BCUT2D eigenvalue weighted by Gasteiger charge is 2.24. The molecule has 0 saturated carbocycles. The number of rotatable bonds is 3. The van der Waals surface area contributed by atoms with Crippen molar-refractivity contribution in [2.24, 2.45) is 5.73 Å². The maximum Gasteiger partial charge on any atom is 0.325 e. The molecule has 0 aliphatic carbocycles. The smallest absolute Gasteiger partial charge is 0.325 e. The topological polar surface area (TPSA) is 127 Å². The van der Waals surface area contributed by atoms with Crippen LogP contribution in [0.25, 0.3) is 0 Å². The van der Waals surface area contributed by atoms with Crippen LogP contribution in [0.15, 0.2) is 18.2 Å². The molecule has 1 rings (SSSR count). The van der Waals surface area contributed by atoms with Crippen molar-refractivity contribution in [2.45, 2.75) is 6.04 Å². The Morgan fingerprint density at radius 3 is 2.60 bits per heavy atom. The minimum absolute atomic E-state index is 0.229. The number of nitrogens with two attached hydrogens (primary N) is 1. The summed E-state index contributed by atoms with van der Waals surface area (Å²) in [6.45, 7) is 0. The van der Waals surface area contributed by atoms with Crippen LogP contribution < -0.4 is 5.73 Å². The van der Waals surface area contributed by atoms with Gasteiger partial charge >= 0.3 is 5.97 Å². The number of carboxylic acid groups (broad SMARTS) is 1. The van der Waals surface area contributed by atoms with E-state index in [1.165, 1.54) is 0 Å². The summed E-state index contributed by atoms with van der Waals surface area (Å²) in [5, 5.41) is 28.2. The Morgan fingerprint density at radius 2 is 2.13 bits per heavy atom. The maximum atomic E-state index is 10.6. The van der Waals surface area contributed by atoms with Crippen LogP contribution in [0.3, 0.4) is 0 Å². The van der Waals surface area contributed by atoms with E-state index >= 15 is 0 Å². The predicted octanol–water partition coefficient (Wildman–Crippen LogP) is 0.385. The van der Waals surface area contributed by atoms with Crippen LogP contribution in [0, 0.1) is 10.1 Å². The van der Waals surface area contributed by atoms with Crippen LogP contribution in [0.4, 0.5) is 5.69 Å². The number of aliphatic carboxylic acids is 1. The van der Waals surface area contributed by atoms with E-state index < -0.39 is 22.6 Å². The van der Waals surface area contributed by atoms with Crippen molar-refractivity contribution in [1.82, 2.24) is 0 Å². The number of phenols is 1. The molecule has 0 amide bonds. The predicted molar refractivity (Wildman–Crippen MR) is 49.3 cm³/mol. The fraction of sp³-hybridized carbons (Fsp3) is 0.125. The molecule has 0 radical (unpaired) electrons. The lowest BCUT2D eigenvalue weighted by molar-refractivity contribution is -0.385. The number of aromatic hydroxyl groups is 1. The third kappa shape index (κ3) is 2.20. The van der Waals surface area contributed by atoms with E-state index in [0.717, 1.165) is 18.2 Å². The molecule has 80 valence electrons. The number of carboxylic acids is 1. The van der Waals surface area contributed by atoms with Crippen molar-refractivity contribution in [3.8, 4) is 5.75 Å². The van der Waals surface area contributed by atoms with E-state index in [-0.39, 0.29) is 11.3 Å². The molecule has 0 aliphatic rings. The summed E-state index contributed by atoms with van der Waals surface area (Å²) in [5.74, 6) is -1.67. The van der Waals surface area contributed by atoms with Crippen molar-refractivity contribution in [1.29, 1.82) is 0 Å². The third-order valence-electron chi connectivity index (χ3n) is 1.81. The highest BCUT2D eigenvalue weighted by Crippen LogP contribution is 2.27. The Labute approximate surface area is 83.9 Å². The molecule has 7 nitrogen and oxygen atoms in total. The van der Waals surface area contributed by atoms with E-state index in [1.807, 2.05) is 0 Å². The molecule has 7 heteroatoms. The Hall–Kier alpha value is -2.15. The second kappa shape index (κ2) is 3.93. The van der Waals surface area contributed by atoms with Gasteiger partial charge in [-0.15, -0.1) is 0 Å². The average molecular weight is 212 g/mol. The Bertz CT molecular complexity index is 417. The Balaban J connectivity index is 3.30. The summed E-state index contributed by atoms with van der Waals surface area (Å²) in [7, 11) is 0. The van der Waals surface area contributed by atoms with Crippen LogP contribution in [-0.2, 0) is 4.79 Å². The van der Waals surface area contributed by atoms with E-state index in [2.05, 4.69) is 0 Å². The minimum Gasteiger partial charge on any atom is -0.508 e. The molecule has 1 aromatic carbocycles. The monoisotopic (exact) mass is 212 g/mol. The highest BCUT2D eigenvalue weighted by molar-refractivity contribution is 5.77. The van der Waals surface area contributed by atoms with Crippen LogP contribution in [0.2, 0.25) is 0 Å². The third-order valence-corrected chi connectivity index (χ3v) is 1.81. The minimum atomic E-state index is -1.53. The fourth-order valence-electron chi connectivity index (χ4n) is 1.09. The molecule has 1 aromatic rings. The number of nitro groups is 1. The van der Waals surface area contributed by atoms with Gasteiger partial charge in [-0.3, -0.25) is 14.9 Å². The van der Waals surface area contributed by atoms with Crippen molar-refractivity contribution in [3.63, 3.8) is 0 Å². The summed E-state index contributed by atoms with van der Waals surface area (Å²) < 4.78 is 0. The molecule has 0 fully saturated rings. The van der Waals surface area contributed by atoms with Gasteiger partial charge in [0.05, 0.1) is 10.5 Å². The standard InChI is InChI=1S/C8H8N2O5/c9-7(8(12)13)5-3-4(11)1-2-6(5)10(14)15/h1-3,7,11H,9H2,(H,12,13). The molecule has 0 heterocycles. The van der Waals surface area contributed by atoms with Gasteiger partial charge < -0.3 is 15.9 Å². The van der Waals surface area contributed by atoms with Gasteiger partial charge in [0.1, 0.15) is 11.8 Å². The molecule has 15 heavy (non-hydrogen) atoms. The first-order valence-corrected chi connectivity index (χ1v) is 3.89. The maximum absolute atomic E-state index is 10.6. The molecule has 0 aliphatic heterocycles. The van der Waals surface area contributed by atoms with Crippen LogP contribution in [0.5, 0.6) is 5.75 Å². The number of nitrogens with zero attached hydrogens (tertiary/aromatic N) is 1. The summed E-state index contributed by atoms with van der Waals surface area (Å²) in [4.78, 5) is 20.3. The first-order chi connectivity index (χ1) is 6.93. The first kappa shape index (κ1) is 10.9. The number of phenolic OH excluding ortho intramolecular Hbond substituents is 1. The second-order valence-corrected chi connectivity index (χ2v) is 2.82. The van der Waals surface area contributed by atoms with E-state index in [0.29, 0.717) is 0 Å². The largest absolute Gasteiger partial charge is 0.508 e. The van der Waals surface area contributed by atoms with Gasteiger partial charge in [0.15, 0.2) is 0 Å². The first-order valence-electron chi connectivity index (χ1n) is 3.89. The SMILES string of the molecule is NC(C(=O)O)c1cc(O)ccc1[N+](=O)[O-]. The van der Waals surface area contributed by atoms with E-state index in [4.69, 9.17) is 15.9 Å². The lowest BCUT2D eigenvalue weighted by Crippen LogP contribution is -2.21. The fourth-order valence-corrected chi connectivity index (χ4v) is 1.09. The normalized spacial score (nSPS) is 12.1. The van der Waals surface area contributed by atoms with Crippen LogP contribution in [-0.4, -0.2) is 21.1 Å². The number of benzene rings is 1. The lowest BCUT2D eigenvalue weighted by atomic mass is 10.1. The zero-order valence-corrected chi connectivity index (χ0v) is 7.45. The molecule has 0 bridgehead atoms. The summed E-state index contributed by atoms with van der Waals surface area (Å²) in [6, 6.07) is 1.54. The van der Waals surface area contributed by atoms with Gasteiger partial charge in [0.25, 0.3) is 5.69 Å². The van der Waals surface area contributed by atoms with Crippen molar-refractivity contribution in [3.05, 3.63) is 33.9 Å². The number of hydrogen-bond acceptors (Lipinski definition) is 5. The molecule has 0 spiro atoms. The van der Waals surface area contributed by atoms with Crippen molar-refractivity contribution in [2.75, 3.05) is 0 Å². The Kier molecular flexibility index (Phi) is 2.86. The molecular formula is C8H8N2O5. The highest BCUT2D eigenvalue weighted by atomic mass is 16.6. The zero-order valence-electron chi connectivity index (χ0n) is 7.45. The average Bonchev–Trinajstić information content (AvgIpc) is 2.15.